The Bertz CT molecular complexity index is 502. The van der Waals surface area contributed by atoms with Gasteiger partial charge in [0.25, 0.3) is 0 Å². The Morgan fingerprint density at radius 2 is 2.17 bits per heavy atom. The number of rotatable bonds is 5. The van der Waals surface area contributed by atoms with E-state index in [2.05, 4.69) is 10.3 Å². The van der Waals surface area contributed by atoms with Gasteiger partial charge in [-0.2, -0.15) is 0 Å². The van der Waals surface area contributed by atoms with E-state index >= 15 is 0 Å². The van der Waals surface area contributed by atoms with Crippen molar-refractivity contribution in [2.75, 3.05) is 18.5 Å². The monoisotopic (exact) mass is 247 g/mol. The topological polar surface area (TPSA) is 60.2 Å². The van der Waals surface area contributed by atoms with Crippen LogP contribution in [-0.4, -0.2) is 18.1 Å². The molecule has 0 atom stereocenters. The summed E-state index contributed by atoms with van der Waals surface area (Å²) in [5, 5.41) is 3.06. The van der Waals surface area contributed by atoms with Crippen molar-refractivity contribution < 1.29 is 9.13 Å². The molecule has 0 aliphatic heterocycles. The molecule has 0 amide bonds. The minimum atomic E-state index is -0.361. The maximum absolute atomic E-state index is 12.7. The molecule has 0 spiro atoms. The lowest BCUT2D eigenvalue weighted by atomic mass is 10.3. The van der Waals surface area contributed by atoms with Gasteiger partial charge in [0.2, 0.25) is 0 Å². The summed E-state index contributed by atoms with van der Waals surface area (Å²) < 4.78 is 18.1. The quantitative estimate of drug-likeness (QED) is 0.851. The highest BCUT2D eigenvalue weighted by Gasteiger charge is 1.99. The highest BCUT2D eigenvalue weighted by molar-refractivity contribution is 5.57. The van der Waals surface area contributed by atoms with Crippen LogP contribution in [0.5, 0.6) is 5.75 Å². The van der Waals surface area contributed by atoms with Crippen molar-refractivity contribution in [3.8, 4) is 5.75 Å². The summed E-state index contributed by atoms with van der Waals surface area (Å²) >= 11 is 0. The average Bonchev–Trinajstić information content (AvgIpc) is 2.40. The van der Waals surface area contributed by atoms with Gasteiger partial charge in [0.15, 0.2) is 0 Å². The molecule has 3 N–H and O–H groups in total. The number of benzene rings is 1. The number of hydrogen-bond acceptors (Lipinski definition) is 4. The molecule has 0 unspecified atom stereocenters. The SMILES string of the molecule is NCCOc1cccc(Nc2ccc(F)cn2)c1. The van der Waals surface area contributed by atoms with E-state index in [1.54, 1.807) is 6.07 Å². The van der Waals surface area contributed by atoms with Crippen LogP contribution in [0.1, 0.15) is 0 Å². The van der Waals surface area contributed by atoms with Gasteiger partial charge in [0.05, 0.1) is 6.20 Å². The van der Waals surface area contributed by atoms with Crippen LogP contribution in [0.15, 0.2) is 42.6 Å². The second kappa shape index (κ2) is 5.97. The first kappa shape index (κ1) is 12.3. The molecule has 0 saturated heterocycles. The number of nitrogens with zero attached hydrogens (tertiary/aromatic N) is 1. The first-order valence-electron chi connectivity index (χ1n) is 5.59. The van der Waals surface area contributed by atoms with Crippen molar-refractivity contribution in [2.24, 2.45) is 5.73 Å². The molecule has 0 radical (unpaired) electrons. The average molecular weight is 247 g/mol. The van der Waals surface area contributed by atoms with Crippen LogP contribution in [0, 0.1) is 5.82 Å². The predicted octanol–water partition coefficient (Wildman–Crippen LogP) is 2.30. The summed E-state index contributed by atoms with van der Waals surface area (Å²) in [5.74, 6) is 0.945. The van der Waals surface area contributed by atoms with Crippen LogP contribution >= 0.6 is 0 Å². The molecule has 94 valence electrons. The smallest absolute Gasteiger partial charge is 0.141 e. The Labute approximate surface area is 105 Å². The number of nitrogens with one attached hydrogen (secondary N) is 1. The molecule has 5 heteroatoms. The maximum Gasteiger partial charge on any atom is 0.141 e. The molecule has 0 aliphatic carbocycles. The van der Waals surface area contributed by atoms with Gasteiger partial charge in [-0.1, -0.05) is 6.07 Å². The largest absolute Gasteiger partial charge is 0.492 e. The van der Waals surface area contributed by atoms with Crippen LogP contribution in [0.3, 0.4) is 0 Å². The summed E-state index contributed by atoms with van der Waals surface area (Å²) in [6, 6.07) is 10.3. The Balaban J connectivity index is 2.06. The number of halogens is 1. The number of hydrogen-bond donors (Lipinski definition) is 2. The molecule has 1 heterocycles. The van der Waals surface area contributed by atoms with Gasteiger partial charge in [-0.3, -0.25) is 0 Å². The van der Waals surface area contributed by atoms with Crippen molar-refractivity contribution in [1.29, 1.82) is 0 Å². The Morgan fingerprint density at radius 1 is 1.28 bits per heavy atom. The third kappa shape index (κ3) is 3.43. The molecule has 0 aliphatic rings. The minimum absolute atomic E-state index is 0.361. The third-order valence-corrected chi connectivity index (χ3v) is 2.22. The highest BCUT2D eigenvalue weighted by Crippen LogP contribution is 2.20. The van der Waals surface area contributed by atoms with E-state index in [0.717, 1.165) is 17.6 Å². The zero-order valence-electron chi connectivity index (χ0n) is 9.77. The molecular formula is C13H14FN3O. The van der Waals surface area contributed by atoms with Crippen LogP contribution in [0.4, 0.5) is 15.9 Å². The third-order valence-electron chi connectivity index (χ3n) is 2.22. The molecule has 2 aromatic rings. The molecule has 0 saturated carbocycles. The molecule has 0 fully saturated rings. The molecule has 1 aromatic carbocycles. The number of aromatic nitrogens is 1. The van der Waals surface area contributed by atoms with Crippen molar-refractivity contribution in [3.63, 3.8) is 0 Å². The maximum atomic E-state index is 12.7. The second-order valence-corrected chi connectivity index (χ2v) is 3.65. The lowest BCUT2D eigenvalue weighted by Gasteiger charge is -2.08. The van der Waals surface area contributed by atoms with Gasteiger partial charge in [0.1, 0.15) is 24.0 Å². The Kier molecular flexibility index (Phi) is 4.09. The molecule has 0 bridgehead atoms. The fourth-order valence-electron chi connectivity index (χ4n) is 1.44. The van der Waals surface area contributed by atoms with E-state index in [4.69, 9.17) is 10.5 Å². The van der Waals surface area contributed by atoms with Gasteiger partial charge < -0.3 is 15.8 Å². The van der Waals surface area contributed by atoms with Crippen LogP contribution in [0.25, 0.3) is 0 Å². The van der Waals surface area contributed by atoms with E-state index in [1.165, 1.54) is 6.07 Å². The van der Waals surface area contributed by atoms with Crippen LogP contribution in [-0.2, 0) is 0 Å². The number of ether oxygens (including phenoxy) is 1. The molecule has 1 aromatic heterocycles. The molecule has 2 rings (SSSR count). The van der Waals surface area contributed by atoms with Crippen molar-refractivity contribution in [3.05, 3.63) is 48.4 Å². The zero-order valence-corrected chi connectivity index (χ0v) is 9.77. The van der Waals surface area contributed by atoms with E-state index in [1.807, 2.05) is 24.3 Å². The van der Waals surface area contributed by atoms with Crippen LogP contribution < -0.4 is 15.8 Å². The molecular weight excluding hydrogens is 233 g/mol. The van der Waals surface area contributed by atoms with Gasteiger partial charge in [-0.25, -0.2) is 9.37 Å². The first-order chi connectivity index (χ1) is 8.78. The van der Waals surface area contributed by atoms with E-state index in [0.29, 0.717) is 19.0 Å². The van der Waals surface area contributed by atoms with Crippen LogP contribution in [0.2, 0.25) is 0 Å². The van der Waals surface area contributed by atoms with E-state index in [-0.39, 0.29) is 5.82 Å². The van der Waals surface area contributed by atoms with Crippen molar-refractivity contribution in [1.82, 2.24) is 4.98 Å². The summed E-state index contributed by atoms with van der Waals surface area (Å²) in [5.41, 5.74) is 6.19. The number of pyridine rings is 1. The summed E-state index contributed by atoms with van der Waals surface area (Å²) in [7, 11) is 0. The molecule has 18 heavy (non-hydrogen) atoms. The zero-order chi connectivity index (χ0) is 12.8. The standard InChI is InChI=1S/C13H14FN3O/c14-10-4-5-13(16-9-10)17-11-2-1-3-12(8-11)18-7-6-15/h1-5,8-9H,6-7,15H2,(H,16,17). The van der Waals surface area contributed by atoms with Crippen molar-refractivity contribution in [2.45, 2.75) is 0 Å². The number of anilines is 2. The van der Waals surface area contributed by atoms with Gasteiger partial charge >= 0.3 is 0 Å². The second-order valence-electron chi connectivity index (χ2n) is 3.65. The first-order valence-corrected chi connectivity index (χ1v) is 5.59. The number of nitrogens with two attached hydrogens (primary N) is 1. The minimum Gasteiger partial charge on any atom is -0.492 e. The fourth-order valence-corrected chi connectivity index (χ4v) is 1.44. The van der Waals surface area contributed by atoms with Gasteiger partial charge in [0, 0.05) is 18.3 Å². The van der Waals surface area contributed by atoms with E-state index in [9.17, 15) is 4.39 Å². The fraction of sp³-hybridized carbons (Fsp3) is 0.154. The summed E-state index contributed by atoms with van der Waals surface area (Å²) in [6.07, 6.45) is 1.16. The Hall–Kier alpha value is -2.14. The predicted molar refractivity (Wildman–Crippen MR) is 68.5 cm³/mol. The van der Waals surface area contributed by atoms with E-state index < -0.39 is 0 Å². The highest BCUT2D eigenvalue weighted by atomic mass is 19.1. The normalized spacial score (nSPS) is 10.1. The summed E-state index contributed by atoms with van der Waals surface area (Å²) in [4.78, 5) is 3.92. The summed E-state index contributed by atoms with van der Waals surface area (Å²) in [6.45, 7) is 0.940. The van der Waals surface area contributed by atoms with Gasteiger partial charge in [-0.15, -0.1) is 0 Å². The van der Waals surface area contributed by atoms with Crippen molar-refractivity contribution >= 4 is 11.5 Å². The lowest BCUT2D eigenvalue weighted by molar-refractivity contribution is 0.328. The van der Waals surface area contributed by atoms with Gasteiger partial charge in [-0.05, 0) is 24.3 Å². The Morgan fingerprint density at radius 3 is 2.89 bits per heavy atom. The lowest BCUT2D eigenvalue weighted by Crippen LogP contribution is -2.10. The molecule has 4 nitrogen and oxygen atoms in total.